The van der Waals surface area contributed by atoms with E-state index in [-0.39, 0.29) is 11.9 Å². The zero-order valence-corrected chi connectivity index (χ0v) is 6.85. The topological polar surface area (TPSA) is 26.3 Å². The third-order valence-corrected chi connectivity index (χ3v) is 1.42. The zero-order valence-electron chi connectivity index (χ0n) is 5.26. The molecule has 0 aromatic heterocycles. The molecule has 0 saturated carbocycles. The van der Waals surface area contributed by atoms with E-state index in [1.54, 1.807) is 6.08 Å². The molecular weight excluding hydrogens is 184 g/mol. The average Bonchev–Trinajstić information content (AvgIpc) is 1.90. The predicted octanol–water partition coefficient (Wildman–Crippen LogP) is 2.05. The van der Waals surface area contributed by atoms with Crippen molar-refractivity contribution in [3.63, 3.8) is 0 Å². The molecule has 1 unspecified atom stereocenters. The molecule has 0 aliphatic rings. The van der Waals surface area contributed by atoms with Crippen molar-refractivity contribution >= 4 is 22.2 Å². The lowest BCUT2D eigenvalue weighted by Crippen LogP contribution is -2.09. The van der Waals surface area contributed by atoms with E-state index in [4.69, 9.17) is 0 Å². The second-order valence-corrected chi connectivity index (χ2v) is 1.97. The number of halogens is 1. The van der Waals surface area contributed by atoms with Crippen molar-refractivity contribution in [3.8, 4) is 0 Å². The first-order valence-corrected chi connectivity index (χ1v) is 3.36. The zero-order chi connectivity index (χ0) is 7.28. The van der Waals surface area contributed by atoms with Crippen molar-refractivity contribution in [1.29, 1.82) is 0 Å². The highest BCUT2D eigenvalue weighted by Crippen LogP contribution is 2.07. The summed E-state index contributed by atoms with van der Waals surface area (Å²) in [5, 5.41) is 0. The van der Waals surface area contributed by atoms with Crippen LogP contribution in [0.4, 0.5) is 0 Å². The summed E-state index contributed by atoms with van der Waals surface area (Å²) in [6, 6.07) is 0. The Hall–Kier alpha value is -0.310. The Balaban J connectivity index is 3.78. The lowest BCUT2D eigenvalue weighted by molar-refractivity contribution is -0.135. The number of rotatable bonds is 3. The minimum absolute atomic E-state index is 0.177. The molecular formula is C6H9BrO2. The van der Waals surface area contributed by atoms with E-state index in [1.807, 2.05) is 6.92 Å². The van der Waals surface area contributed by atoms with Gasteiger partial charge in [0.1, 0.15) is 0 Å². The van der Waals surface area contributed by atoms with E-state index in [9.17, 15) is 4.79 Å². The Morgan fingerprint density at radius 2 is 2.56 bits per heavy atom. The summed E-state index contributed by atoms with van der Waals surface area (Å²) in [6.45, 7) is 5.38. The van der Waals surface area contributed by atoms with Crippen LogP contribution in [0.1, 0.15) is 13.3 Å². The third-order valence-electron chi connectivity index (χ3n) is 1.10. The molecule has 0 radical (unpaired) electrons. The molecule has 0 amide bonds. The van der Waals surface area contributed by atoms with Gasteiger partial charge in [0.15, 0.2) is 16.3 Å². The van der Waals surface area contributed by atoms with Crippen LogP contribution in [0, 0.1) is 5.92 Å². The third kappa shape index (κ3) is 2.65. The standard InChI is InChI=1S/C6H9BrO2/c1-3-5(4-2)6(8)9-7/h3,5H,1,4H2,2H3. The van der Waals surface area contributed by atoms with Crippen LogP contribution in [-0.2, 0) is 8.62 Å². The molecule has 0 fully saturated rings. The molecule has 1 atom stereocenters. The summed E-state index contributed by atoms with van der Waals surface area (Å²) in [4.78, 5) is 10.6. The number of carbonyl (C=O) groups excluding carboxylic acids is 1. The second kappa shape index (κ2) is 4.56. The molecule has 0 aliphatic heterocycles. The first-order valence-electron chi connectivity index (χ1n) is 2.71. The number of hydrogen-bond acceptors (Lipinski definition) is 2. The summed E-state index contributed by atoms with van der Waals surface area (Å²) in [5.41, 5.74) is 0. The van der Waals surface area contributed by atoms with Gasteiger partial charge in [0, 0.05) is 0 Å². The fourth-order valence-corrected chi connectivity index (χ4v) is 0.727. The Labute approximate surface area is 63.3 Å². The Kier molecular flexibility index (Phi) is 4.40. The predicted molar refractivity (Wildman–Crippen MR) is 39.0 cm³/mol. The van der Waals surface area contributed by atoms with Gasteiger partial charge in [-0.2, -0.15) is 0 Å². The first kappa shape index (κ1) is 8.69. The summed E-state index contributed by atoms with van der Waals surface area (Å²) in [7, 11) is 0. The molecule has 0 bridgehead atoms. The molecule has 0 spiro atoms. The van der Waals surface area contributed by atoms with Crippen LogP contribution in [0.3, 0.4) is 0 Å². The van der Waals surface area contributed by atoms with Crippen LogP contribution in [0.15, 0.2) is 12.7 Å². The smallest absolute Gasteiger partial charge is 0.324 e. The van der Waals surface area contributed by atoms with Gasteiger partial charge < -0.3 is 3.83 Å². The monoisotopic (exact) mass is 192 g/mol. The highest BCUT2D eigenvalue weighted by Gasteiger charge is 2.11. The Morgan fingerprint density at radius 1 is 2.00 bits per heavy atom. The molecule has 0 rings (SSSR count). The largest absolute Gasteiger partial charge is 0.383 e. The van der Waals surface area contributed by atoms with E-state index in [1.165, 1.54) is 0 Å². The maximum Gasteiger partial charge on any atom is 0.324 e. The fraction of sp³-hybridized carbons (Fsp3) is 0.500. The van der Waals surface area contributed by atoms with Crippen molar-refractivity contribution in [3.05, 3.63) is 12.7 Å². The van der Waals surface area contributed by atoms with Crippen molar-refractivity contribution in [2.75, 3.05) is 0 Å². The maximum atomic E-state index is 10.6. The Bertz CT molecular complexity index is 112. The second-order valence-electron chi connectivity index (χ2n) is 1.65. The molecule has 0 aromatic carbocycles. The van der Waals surface area contributed by atoms with E-state index >= 15 is 0 Å². The molecule has 0 N–H and O–H groups in total. The summed E-state index contributed by atoms with van der Waals surface area (Å²) >= 11 is 2.60. The molecule has 9 heavy (non-hydrogen) atoms. The van der Waals surface area contributed by atoms with Crippen molar-refractivity contribution in [2.24, 2.45) is 5.92 Å². The van der Waals surface area contributed by atoms with Gasteiger partial charge in [-0.1, -0.05) is 13.0 Å². The van der Waals surface area contributed by atoms with Gasteiger partial charge in [0.05, 0.1) is 5.92 Å². The summed E-state index contributed by atoms with van der Waals surface area (Å²) in [6.07, 6.45) is 2.30. The van der Waals surface area contributed by atoms with E-state index < -0.39 is 0 Å². The molecule has 0 saturated heterocycles. The average molecular weight is 193 g/mol. The van der Waals surface area contributed by atoms with Crippen LogP contribution in [0.25, 0.3) is 0 Å². The van der Waals surface area contributed by atoms with Gasteiger partial charge in [0.25, 0.3) is 0 Å². The lowest BCUT2D eigenvalue weighted by atomic mass is 10.1. The van der Waals surface area contributed by atoms with E-state index in [0.29, 0.717) is 0 Å². The highest BCUT2D eigenvalue weighted by atomic mass is 79.9. The van der Waals surface area contributed by atoms with Crippen LogP contribution in [0.5, 0.6) is 0 Å². The molecule has 52 valence electrons. The molecule has 0 aromatic rings. The summed E-state index contributed by atoms with van der Waals surface area (Å²) < 4.78 is 4.30. The number of carbonyl (C=O) groups is 1. The normalized spacial score (nSPS) is 12.2. The maximum absolute atomic E-state index is 10.6. The quantitative estimate of drug-likeness (QED) is 0.641. The minimum Gasteiger partial charge on any atom is -0.383 e. The van der Waals surface area contributed by atoms with Crippen molar-refractivity contribution < 1.29 is 8.62 Å². The molecule has 2 nitrogen and oxygen atoms in total. The SMILES string of the molecule is C=CC(CC)C(=O)OBr. The van der Waals surface area contributed by atoms with Crippen molar-refractivity contribution in [1.82, 2.24) is 0 Å². The highest BCUT2D eigenvalue weighted by molar-refractivity contribution is 9.06. The van der Waals surface area contributed by atoms with E-state index in [2.05, 4.69) is 26.7 Å². The fourth-order valence-electron chi connectivity index (χ4n) is 0.487. The lowest BCUT2D eigenvalue weighted by Gasteiger charge is -2.02. The van der Waals surface area contributed by atoms with E-state index in [0.717, 1.165) is 6.42 Å². The van der Waals surface area contributed by atoms with Crippen LogP contribution < -0.4 is 0 Å². The van der Waals surface area contributed by atoms with Crippen LogP contribution in [0.2, 0.25) is 0 Å². The van der Waals surface area contributed by atoms with Crippen molar-refractivity contribution in [2.45, 2.75) is 13.3 Å². The van der Waals surface area contributed by atoms with Gasteiger partial charge >= 0.3 is 5.97 Å². The molecule has 0 aliphatic carbocycles. The van der Waals surface area contributed by atoms with Gasteiger partial charge in [-0.3, -0.25) is 4.79 Å². The van der Waals surface area contributed by atoms with Crippen LogP contribution in [-0.4, -0.2) is 5.97 Å². The van der Waals surface area contributed by atoms with Gasteiger partial charge in [-0.05, 0) is 6.42 Å². The minimum atomic E-state index is -0.285. The number of hydrogen-bond donors (Lipinski definition) is 0. The van der Waals surface area contributed by atoms with Gasteiger partial charge in [-0.15, -0.1) is 6.58 Å². The van der Waals surface area contributed by atoms with Crippen LogP contribution >= 0.6 is 16.3 Å². The Morgan fingerprint density at radius 3 is 2.67 bits per heavy atom. The first-order chi connectivity index (χ1) is 4.26. The van der Waals surface area contributed by atoms with Gasteiger partial charge in [0.2, 0.25) is 0 Å². The molecule has 3 heteroatoms. The molecule has 0 heterocycles. The summed E-state index contributed by atoms with van der Waals surface area (Å²) in [5.74, 6) is -0.461. The van der Waals surface area contributed by atoms with Gasteiger partial charge in [-0.25, -0.2) is 0 Å².